The molecule has 7 atom stereocenters. The van der Waals surface area contributed by atoms with Gasteiger partial charge in [0.1, 0.15) is 0 Å². The number of ether oxygens (including phenoxy) is 2. The van der Waals surface area contributed by atoms with Gasteiger partial charge in [-0.2, -0.15) is 0 Å². The molecule has 0 saturated carbocycles. The summed E-state index contributed by atoms with van der Waals surface area (Å²) >= 11 is 4.45. The second-order valence-corrected chi connectivity index (χ2v) is 7.40. The fourth-order valence-corrected chi connectivity index (χ4v) is 4.69. The van der Waals surface area contributed by atoms with Gasteiger partial charge in [0.05, 0.1) is 0 Å². The van der Waals surface area contributed by atoms with Crippen molar-refractivity contribution in [1.82, 2.24) is 0 Å². The first kappa shape index (κ1) is 18.2. The summed E-state index contributed by atoms with van der Waals surface area (Å²) in [6.07, 6.45) is 0.737. The Morgan fingerprint density at radius 1 is 1.60 bits per heavy atom. The SMILES string of the molecule is CC[C@H](C)C1OC(S)C(OC(C)=O)[C@@H](C)[C@@H]1PBB=O. The Kier molecular flexibility index (Phi) is 7.78. The van der Waals surface area contributed by atoms with Crippen LogP contribution in [0.4, 0.5) is 0 Å². The van der Waals surface area contributed by atoms with Gasteiger partial charge in [0, 0.05) is 0 Å². The minimum absolute atomic E-state index is 0.0718. The van der Waals surface area contributed by atoms with Gasteiger partial charge in [-0.1, -0.05) is 0 Å². The fraction of sp³-hybridized carbons (Fsp3) is 0.917. The van der Waals surface area contributed by atoms with Crippen molar-refractivity contribution >= 4 is 41.0 Å². The second kappa shape index (κ2) is 8.55. The van der Waals surface area contributed by atoms with E-state index in [1.54, 1.807) is 0 Å². The Hall–Kier alpha value is 0.140. The van der Waals surface area contributed by atoms with Crippen LogP contribution in [0.1, 0.15) is 34.1 Å². The van der Waals surface area contributed by atoms with E-state index in [1.165, 1.54) is 6.92 Å². The number of carbonyl (C=O) groups is 1. The molecule has 0 bridgehead atoms. The molecule has 0 spiro atoms. The molecule has 0 amide bonds. The molecule has 0 aromatic carbocycles. The number of carbonyl (C=O) groups excluding carboxylic acids is 1. The molecule has 1 rings (SSSR count). The number of esters is 1. The number of hydrogen-bond acceptors (Lipinski definition) is 5. The van der Waals surface area contributed by atoms with Crippen LogP contribution in [0.3, 0.4) is 0 Å². The minimum atomic E-state index is -0.398. The second-order valence-electron chi connectivity index (χ2n) is 5.41. The van der Waals surface area contributed by atoms with E-state index in [4.69, 9.17) is 9.47 Å². The molecule has 112 valence electrons. The quantitative estimate of drug-likeness (QED) is 0.350. The third-order valence-electron chi connectivity index (χ3n) is 3.96. The third kappa shape index (κ3) is 4.57. The van der Waals surface area contributed by atoms with Crippen molar-refractivity contribution in [3.05, 3.63) is 0 Å². The summed E-state index contributed by atoms with van der Waals surface area (Å²) in [7, 11) is 1.44. The first-order valence-electron chi connectivity index (χ1n) is 7.10. The number of thiol groups is 1. The monoisotopic (exact) mass is 316 g/mol. The molecule has 4 nitrogen and oxygen atoms in total. The fourth-order valence-electron chi connectivity index (χ4n) is 2.65. The molecule has 1 heterocycles. The molecule has 20 heavy (non-hydrogen) atoms. The Morgan fingerprint density at radius 2 is 2.25 bits per heavy atom. The van der Waals surface area contributed by atoms with E-state index in [2.05, 4.69) is 33.4 Å². The topological polar surface area (TPSA) is 52.6 Å². The molecule has 1 fully saturated rings. The van der Waals surface area contributed by atoms with E-state index in [0.717, 1.165) is 13.5 Å². The zero-order valence-corrected chi connectivity index (χ0v) is 14.4. The van der Waals surface area contributed by atoms with Crippen LogP contribution in [0, 0.1) is 11.8 Å². The summed E-state index contributed by atoms with van der Waals surface area (Å²) in [6.45, 7) is 8.29. The van der Waals surface area contributed by atoms with Crippen LogP contribution in [0.2, 0.25) is 0 Å². The maximum atomic E-state index is 11.2. The van der Waals surface area contributed by atoms with Crippen LogP contribution < -0.4 is 0 Å². The molecule has 0 aliphatic carbocycles. The molecule has 8 heteroatoms. The van der Waals surface area contributed by atoms with E-state index in [9.17, 15) is 9.50 Å². The zero-order chi connectivity index (χ0) is 15.3. The molecule has 1 aliphatic rings. The van der Waals surface area contributed by atoms with Gasteiger partial charge in [-0.15, -0.1) is 0 Å². The molecule has 4 unspecified atom stereocenters. The van der Waals surface area contributed by atoms with E-state index in [-0.39, 0.29) is 29.8 Å². The molecule has 0 radical (unpaired) electrons. The molecule has 0 aromatic heterocycles. The van der Waals surface area contributed by atoms with Crippen LogP contribution in [0.5, 0.6) is 0 Å². The summed E-state index contributed by atoms with van der Waals surface area (Å²) in [4.78, 5) is 11.2. The standard InChI is InChI=1S/C12H23B2O4PS/c1-5-6(2)9-11(19-14-13-16)7(3)10(12(20)18-9)17-8(4)15/h6-7,9-12,14,19-20H,5H2,1-4H3/t6-,7+,9?,10?,11-,12?/m0/s1. The Balaban J connectivity index is 2.89. The van der Waals surface area contributed by atoms with Crippen molar-refractivity contribution < 1.29 is 19.0 Å². The van der Waals surface area contributed by atoms with Crippen molar-refractivity contribution in [2.24, 2.45) is 11.8 Å². The van der Waals surface area contributed by atoms with Crippen molar-refractivity contribution in [1.29, 1.82) is 0 Å². The van der Waals surface area contributed by atoms with Crippen LogP contribution in [0.15, 0.2) is 0 Å². The Morgan fingerprint density at radius 3 is 2.75 bits per heavy atom. The average molecular weight is 316 g/mol. The van der Waals surface area contributed by atoms with Crippen molar-refractivity contribution in [2.75, 3.05) is 0 Å². The molecule has 0 N–H and O–H groups in total. The Bertz CT molecular complexity index is 347. The molecule has 1 saturated heterocycles. The summed E-state index contributed by atoms with van der Waals surface area (Å²) in [5.41, 5.74) is -0.159. The summed E-state index contributed by atoms with van der Waals surface area (Å²) in [5.74, 6) is 0.228. The first-order chi connectivity index (χ1) is 9.42. The van der Waals surface area contributed by atoms with Crippen LogP contribution in [-0.4, -0.2) is 43.2 Å². The van der Waals surface area contributed by atoms with Crippen molar-refractivity contribution in [3.63, 3.8) is 0 Å². The zero-order valence-electron chi connectivity index (χ0n) is 12.5. The van der Waals surface area contributed by atoms with E-state index in [1.807, 2.05) is 0 Å². The predicted molar refractivity (Wildman–Crippen MR) is 87.5 cm³/mol. The van der Waals surface area contributed by atoms with Crippen LogP contribution >= 0.6 is 21.1 Å². The van der Waals surface area contributed by atoms with Crippen LogP contribution in [0.25, 0.3) is 0 Å². The van der Waals surface area contributed by atoms with E-state index < -0.39 is 5.44 Å². The summed E-state index contributed by atoms with van der Waals surface area (Å²) in [6, 6.07) is 0. The van der Waals surface area contributed by atoms with Crippen molar-refractivity contribution in [2.45, 2.75) is 57.4 Å². The third-order valence-corrected chi connectivity index (χ3v) is 6.10. The normalized spacial score (nSPS) is 35.5. The predicted octanol–water partition coefficient (Wildman–Crippen LogP) is 1.62. The summed E-state index contributed by atoms with van der Waals surface area (Å²) in [5, 5.41) is 0. The summed E-state index contributed by atoms with van der Waals surface area (Å²) < 4.78 is 22.1. The van der Waals surface area contributed by atoms with Gasteiger partial charge >= 0.3 is 129 Å². The van der Waals surface area contributed by atoms with Gasteiger partial charge in [0.25, 0.3) is 0 Å². The van der Waals surface area contributed by atoms with Gasteiger partial charge < -0.3 is 0 Å². The van der Waals surface area contributed by atoms with Gasteiger partial charge in [-0.05, 0) is 0 Å². The molecular formula is C12H23B2O4PS. The van der Waals surface area contributed by atoms with Gasteiger partial charge in [0.2, 0.25) is 0 Å². The van der Waals surface area contributed by atoms with Gasteiger partial charge in [-0.3, -0.25) is 0 Å². The van der Waals surface area contributed by atoms with E-state index >= 15 is 0 Å². The van der Waals surface area contributed by atoms with Crippen molar-refractivity contribution in [3.8, 4) is 0 Å². The average Bonchev–Trinajstić information content (AvgIpc) is 2.40. The number of hydrogen-bond donors (Lipinski definition) is 1. The first-order valence-corrected chi connectivity index (χ1v) is 8.90. The van der Waals surface area contributed by atoms with E-state index in [0.29, 0.717) is 21.3 Å². The van der Waals surface area contributed by atoms with Gasteiger partial charge in [0.15, 0.2) is 0 Å². The molecular weight excluding hydrogens is 293 g/mol. The Labute approximate surface area is 129 Å². The van der Waals surface area contributed by atoms with Gasteiger partial charge in [-0.25, -0.2) is 0 Å². The molecule has 0 aromatic rings. The number of rotatable bonds is 6. The molecule has 1 aliphatic heterocycles. The van der Waals surface area contributed by atoms with Crippen LogP contribution in [-0.2, 0) is 19.0 Å². The maximum absolute atomic E-state index is 11.2.